The van der Waals surface area contributed by atoms with Crippen molar-refractivity contribution in [2.24, 2.45) is 0 Å². The summed E-state index contributed by atoms with van der Waals surface area (Å²) in [6.07, 6.45) is 2.11. The lowest BCUT2D eigenvalue weighted by atomic mass is 10.0. The molecule has 0 saturated carbocycles. The van der Waals surface area contributed by atoms with Crippen LogP contribution in [0.3, 0.4) is 0 Å². The van der Waals surface area contributed by atoms with E-state index in [-0.39, 0.29) is 11.8 Å². The van der Waals surface area contributed by atoms with Gasteiger partial charge < -0.3 is 15.4 Å². The zero-order chi connectivity index (χ0) is 18.4. The van der Waals surface area contributed by atoms with Crippen molar-refractivity contribution < 1.29 is 14.3 Å². The molecule has 6 nitrogen and oxygen atoms in total. The second-order valence-corrected chi connectivity index (χ2v) is 6.06. The van der Waals surface area contributed by atoms with Gasteiger partial charge in [-0.25, -0.2) is 0 Å². The molecule has 0 aliphatic carbocycles. The van der Waals surface area contributed by atoms with Crippen LogP contribution in [0.15, 0.2) is 42.5 Å². The van der Waals surface area contributed by atoms with Crippen LogP contribution in [-0.4, -0.2) is 18.4 Å². The number of nitrogens with one attached hydrogen (secondary N) is 2. The molecule has 1 aliphatic heterocycles. The minimum absolute atomic E-state index is 0.0393. The maximum Gasteiger partial charge on any atom is 0.224 e. The van der Waals surface area contributed by atoms with Crippen LogP contribution in [-0.2, 0) is 16.0 Å². The summed E-state index contributed by atoms with van der Waals surface area (Å²) >= 11 is 0. The number of ether oxygens (including phenoxy) is 1. The van der Waals surface area contributed by atoms with Gasteiger partial charge in [0.1, 0.15) is 5.75 Å². The van der Waals surface area contributed by atoms with Gasteiger partial charge in [-0.05, 0) is 54.8 Å². The summed E-state index contributed by atoms with van der Waals surface area (Å²) in [6.45, 7) is 0.427. The fourth-order valence-corrected chi connectivity index (χ4v) is 2.76. The molecule has 2 aromatic carbocycles. The van der Waals surface area contributed by atoms with Gasteiger partial charge >= 0.3 is 0 Å². The number of nitriles is 1. The maximum absolute atomic E-state index is 12.0. The summed E-state index contributed by atoms with van der Waals surface area (Å²) in [4.78, 5) is 23.3. The molecule has 132 valence electrons. The van der Waals surface area contributed by atoms with E-state index in [9.17, 15) is 9.59 Å². The summed E-state index contributed by atoms with van der Waals surface area (Å²) in [5, 5.41) is 14.5. The van der Waals surface area contributed by atoms with Crippen molar-refractivity contribution in [1.82, 2.24) is 0 Å². The van der Waals surface area contributed by atoms with E-state index < -0.39 is 0 Å². The first-order valence-corrected chi connectivity index (χ1v) is 8.49. The largest absolute Gasteiger partial charge is 0.494 e. The Hall–Kier alpha value is -3.33. The van der Waals surface area contributed by atoms with E-state index in [1.807, 2.05) is 24.3 Å². The predicted molar refractivity (Wildman–Crippen MR) is 97.9 cm³/mol. The number of hydrogen-bond donors (Lipinski definition) is 2. The highest BCUT2D eigenvalue weighted by atomic mass is 16.5. The van der Waals surface area contributed by atoms with Crippen LogP contribution in [0.5, 0.6) is 5.75 Å². The van der Waals surface area contributed by atoms with E-state index in [0.29, 0.717) is 43.5 Å². The Bertz CT molecular complexity index is 871. The SMILES string of the molecule is N#Cc1cccc(NC(=O)CCCOc2ccc3c(c2)CCC(=O)N3)c1. The van der Waals surface area contributed by atoms with Crippen LogP contribution in [0, 0.1) is 11.3 Å². The third kappa shape index (κ3) is 4.61. The lowest BCUT2D eigenvalue weighted by molar-refractivity contribution is -0.117. The summed E-state index contributed by atoms with van der Waals surface area (Å²) in [5.74, 6) is 0.663. The smallest absolute Gasteiger partial charge is 0.224 e. The highest BCUT2D eigenvalue weighted by Gasteiger charge is 2.15. The van der Waals surface area contributed by atoms with E-state index in [1.54, 1.807) is 24.3 Å². The van der Waals surface area contributed by atoms with Crippen LogP contribution in [0.2, 0.25) is 0 Å². The summed E-state index contributed by atoms with van der Waals surface area (Å²) in [5.41, 5.74) is 3.03. The van der Waals surface area contributed by atoms with E-state index in [0.717, 1.165) is 17.0 Å². The molecular formula is C20H19N3O3. The van der Waals surface area contributed by atoms with Crippen LogP contribution in [0.1, 0.15) is 30.4 Å². The molecule has 3 rings (SSSR count). The lowest BCUT2D eigenvalue weighted by Crippen LogP contribution is -2.18. The Balaban J connectivity index is 1.43. The zero-order valence-corrected chi connectivity index (χ0v) is 14.2. The molecule has 0 unspecified atom stereocenters. The van der Waals surface area contributed by atoms with Gasteiger partial charge in [-0.15, -0.1) is 0 Å². The van der Waals surface area contributed by atoms with Crippen LogP contribution < -0.4 is 15.4 Å². The maximum atomic E-state index is 12.0. The minimum Gasteiger partial charge on any atom is -0.494 e. The molecule has 0 aromatic heterocycles. The first-order chi connectivity index (χ1) is 12.6. The highest BCUT2D eigenvalue weighted by molar-refractivity contribution is 5.94. The number of anilines is 2. The fourth-order valence-electron chi connectivity index (χ4n) is 2.76. The topological polar surface area (TPSA) is 91.2 Å². The average molecular weight is 349 g/mol. The van der Waals surface area contributed by atoms with Crippen molar-refractivity contribution in [3.8, 4) is 11.8 Å². The van der Waals surface area contributed by atoms with Gasteiger partial charge in [0.05, 0.1) is 18.2 Å². The molecule has 2 aromatic rings. The van der Waals surface area contributed by atoms with E-state index in [2.05, 4.69) is 10.6 Å². The van der Waals surface area contributed by atoms with E-state index in [4.69, 9.17) is 10.00 Å². The van der Waals surface area contributed by atoms with Gasteiger partial charge in [-0.2, -0.15) is 5.26 Å². The molecule has 1 aliphatic rings. The molecule has 26 heavy (non-hydrogen) atoms. The van der Waals surface area contributed by atoms with Crippen molar-refractivity contribution in [1.29, 1.82) is 5.26 Å². The van der Waals surface area contributed by atoms with Crippen LogP contribution >= 0.6 is 0 Å². The monoisotopic (exact) mass is 349 g/mol. The first kappa shape index (κ1) is 17.5. The van der Waals surface area contributed by atoms with Crippen molar-refractivity contribution in [2.45, 2.75) is 25.7 Å². The number of carbonyl (C=O) groups excluding carboxylic acids is 2. The van der Waals surface area contributed by atoms with Crippen molar-refractivity contribution in [2.75, 3.05) is 17.2 Å². The average Bonchev–Trinajstić information content (AvgIpc) is 2.65. The van der Waals surface area contributed by atoms with Crippen LogP contribution in [0.25, 0.3) is 0 Å². The Labute approximate surface area is 151 Å². The quantitative estimate of drug-likeness (QED) is 0.783. The zero-order valence-electron chi connectivity index (χ0n) is 14.2. The van der Waals surface area contributed by atoms with Crippen molar-refractivity contribution in [3.05, 3.63) is 53.6 Å². The van der Waals surface area contributed by atoms with Gasteiger partial charge in [-0.1, -0.05) is 6.07 Å². The van der Waals surface area contributed by atoms with Gasteiger partial charge in [0, 0.05) is 24.2 Å². The molecule has 0 radical (unpaired) electrons. The molecular weight excluding hydrogens is 330 g/mol. The molecule has 0 atom stereocenters. The van der Waals surface area contributed by atoms with Crippen LogP contribution in [0.4, 0.5) is 11.4 Å². The van der Waals surface area contributed by atoms with Crippen molar-refractivity contribution >= 4 is 23.2 Å². The van der Waals surface area contributed by atoms with Gasteiger partial charge in [-0.3, -0.25) is 9.59 Å². The van der Waals surface area contributed by atoms with Gasteiger partial charge in [0.25, 0.3) is 0 Å². The third-order valence-electron chi connectivity index (χ3n) is 4.06. The molecule has 0 spiro atoms. The molecule has 0 saturated heterocycles. The molecule has 0 fully saturated rings. The lowest BCUT2D eigenvalue weighted by Gasteiger charge is -2.17. The molecule has 6 heteroatoms. The highest BCUT2D eigenvalue weighted by Crippen LogP contribution is 2.26. The van der Waals surface area contributed by atoms with E-state index in [1.165, 1.54) is 0 Å². The van der Waals surface area contributed by atoms with E-state index >= 15 is 0 Å². The minimum atomic E-state index is -0.114. The number of aryl methyl sites for hydroxylation is 1. The second-order valence-electron chi connectivity index (χ2n) is 6.06. The number of amides is 2. The van der Waals surface area contributed by atoms with Gasteiger partial charge in [0.15, 0.2) is 0 Å². The number of nitrogens with zero attached hydrogens (tertiary/aromatic N) is 1. The molecule has 2 N–H and O–H groups in total. The Morgan fingerprint density at radius 2 is 2.12 bits per heavy atom. The Morgan fingerprint density at radius 3 is 2.96 bits per heavy atom. The second kappa shape index (κ2) is 8.17. The first-order valence-electron chi connectivity index (χ1n) is 8.49. The predicted octanol–water partition coefficient (Wildman–Crippen LogP) is 3.24. The number of benzene rings is 2. The summed E-state index contributed by atoms with van der Waals surface area (Å²) < 4.78 is 5.70. The fraction of sp³-hybridized carbons (Fsp3) is 0.250. The Morgan fingerprint density at radius 1 is 1.23 bits per heavy atom. The molecule has 2 amide bonds. The number of carbonyl (C=O) groups is 2. The summed E-state index contributed by atoms with van der Waals surface area (Å²) in [6, 6.07) is 14.4. The molecule has 1 heterocycles. The number of fused-ring (bicyclic) bond motifs is 1. The molecule has 0 bridgehead atoms. The number of hydrogen-bond acceptors (Lipinski definition) is 4. The number of rotatable bonds is 6. The Kier molecular flexibility index (Phi) is 5.49. The van der Waals surface area contributed by atoms with Gasteiger partial charge in [0.2, 0.25) is 11.8 Å². The van der Waals surface area contributed by atoms with Crippen molar-refractivity contribution in [3.63, 3.8) is 0 Å². The summed E-state index contributed by atoms with van der Waals surface area (Å²) in [7, 11) is 0. The third-order valence-corrected chi connectivity index (χ3v) is 4.06. The standard InChI is InChI=1S/C20H19N3O3/c21-13-14-3-1-4-16(11-14)22-19(24)5-2-10-26-17-7-8-18-15(12-17)6-9-20(25)23-18/h1,3-4,7-8,11-12H,2,5-6,9-10H2,(H,22,24)(H,23,25). The normalized spacial score (nSPS) is 12.5.